The molecule has 0 aliphatic heterocycles. The number of nitrogens with zero attached hydrogens (tertiary/aromatic N) is 4. The van der Waals surface area contributed by atoms with Gasteiger partial charge < -0.3 is 14.6 Å². The maximum atomic E-state index is 13.2. The molecule has 0 aliphatic carbocycles. The maximum Gasteiger partial charge on any atom is 0.335 e. The normalized spacial score (nSPS) is 11.2. The summed E-state index contributed by atoms with van der Waals surface area (Å²) in [6.07, 6.45) is 1.75. The van der Waals surface area contributed by atoms with Crippen LogP contribution in [0.4, 0.5) is 5.69 Å². The zero-order chi connectivity index (χ0) is 28.1. The van der Waals surface area contributed by atoms with Crippen LogP contribution in [0.5, 0.6) is 11.5 Å². The molecule has 0 saturated heterocycles. The molecule has 0 aliphatic rings. The van der Waals surface area contributed by atoms with Crippen molar-refractivity contribution in [1.29, 1.82) is 0 Å². The number of aryl methyl sites for hydroxylation is 1. The first kappa shape index (κ1) is 27.5. The molecular formula is C27H23BrN4O7. The lowest BCUT2D eigenvalue weighted by Crippen LogP contribution is -2.22. The minimum atomic E-state index is -1.10. The lowest BCUT2D eigenvalue weighted by Gasteiger charge is -2.13. The van der Waals surface area contributed by atoms with Crippen molar-refractivity contribution >= 4 is 44.7 Å². The van der Waals surface area contributed by atoms with E-state index in [2.05, 4.69) is 26.0 Å². The molecule has 0 atom stereocenters. The molecule has 3 aromatic carbocycles. The molecule has 0 unspecified atom stereocenters. The topological polar surface area (TPSA) is 146 Å². The van der Waals surface area contributed by atoms with E-state index in [1.807, 2.05) is 6.92 Å². The zero-order valence-corrected chi connectivity index (χ0v) is 22.5. The number of halogens is 1. The van der Waals surface area contributed by atoms with E-state index in [1.165, 1.54) is 35.2 Å². The van der Waals surface area contributed by atoms with Gasteiger partial charge in [0.25, 0.3) is 5.56 Å². The number of nitro groups is 1. The fourth-order valence-corrected chi connectivity index (χ4v) is 4.20. The Bertz CT molecular complexity index is 1670. The number of ether oxygens (including phenoxy) is 2. The second-order valence-corrected chi connectivity index (χ2v) is 9.17. The minimum Gasteiger partial charge on any atom is -0.490 e. The van der Waals surface area contributed by atoms with E-state index in [1.54, 1.807) is 37.3 Å². The second kappa shape index (κ2) is 11.9. The summed E-state index contributed by atoms with van der Waals surface area (Å²) in [5, 5.41) is 25.9. The molecule has 1 N–H and O–H groups in total. The van der Waals surface area contributed by atoms with Crippen molar-refractivity contribution in [3.63, 3.8) is 0 Å². The van der Waals surface area contributed by atoms with E-state index in [9.17, 15) is 24.8 Å². The summed E-state index contributed by atoms with van der Waals surface area (Å²) in [4.78, 5) is 40.3. The SMILES string of the molecule is CCOc1cc(C=Nn2c(CC)nc3ccc(Br)cc3c2=O)cc([N+](=O)[O-])c1OCc1cccc(C(=O)O)c1. The fraction of sp³-hybridized carbons (Fsp3) is 0.185. The van der Waals surface area contributed by atoms with Gasteiger partial charge in [0.1, 0.15) is 12.4 Å². The molecule has 0 fully saturated rings. The summed E-state index contributed by atoms with van der Waals surface area (Å²) < 4.78 is 13.3. The van der Waals surface area contributed by atoms with Gasteiger partial charge in [-0.1, -0.05) is 35.0 Å². The first-order chi connectivity index (χ1) is 18.7. The number of hydrogen-bond acceptors (Lipinski definition) is 8. The van der Waals surface area contributed by atoms with Gasteiger partial charge in [-0.2, -0.15) is 9.78 Å². The number of nitro benzene ring substituents is 1. The van der Waals surface area contributed by atoms with Crippen molar-refractivity contribution < 1.29 is 24.3 Å². The van der Waals surface area contributed by atoms with Gasteiger partial charge >= 0.3 is 11.7 Å². The average Bonchev–Trinajstić information content (AvgIpc) is 2.92. The second-order valence-electron chi connectivity index (χ2n) is 8.26. The largest absolute Gasteiger partial charge is 0.490 e. The lowest BCUT2D eigenvalue weighted by atomic mass is 10.1. The third-order valence-electron chi connectivity index (χ3n) is 5.63. The highest BCUT2D eigenvalue weighted by atomic mass is 79.9. The van der Waals surface area contributed by atoms with E-state index in [4.69, 9.17) is 9.47 Å². The summed E-state index contributed by atoms with van der Waals surface area (Å²) in [5.41, 5.74) is 0.668. The Labute approximate surface area is 230 Å². The molecule has 0 saturated carbocycles. The van der Waals surface area contributed by atoms with Gasteiger partial charge in [0, 0.05) is 22.5 Å². The number of carboxylic acid groups (broad SMARTS) is 1. The van der Waals surface area contributed by atoms with Crippen LogP contribution in [-0.2, 0) is 13.0 Å². The molecule has 1 heterocycles. The lowest BCUT2D eigenvalue weighted by molar-refractivity contribution is -0.386. The average molecular weight is 595 g/mol. The van der Waals surface area contributed by atoms with Crippen molar-refractivity contribution in [2.24, 2.45) is 5.10 Å². The minimum absolute atomic E-state index is 0.0689. The molecule has 11 nitrogen and oxygen atoms in total. The van der Waals surface area contributed by atoms with Crippen LogP contribution < -0.4 is 15.0 Å². The highest BCUT2D eigenvalue weighted by molar-refractivity contribution is 9.10. The third kappa shape index (κ3) is 6.12. The molecule has 0 radical (unpaired) electrons. The molecule has 200 valence electrons. The van der Waals surface area contributed by atoms with Crippen LogP contribution in [-0.4, -0.2) is 38.5 Å². The van der Waals surface area contributed by atoms with Crippen LogP contribution in [0.2, 0.25) is 0 Å². The van der Waals surface area contributed by atoms with Crippen LogP contribution in [0.15, 0.2) is 69.0 Å². The Kier molecular flexibility index (Phi) is 8.35. The van der Waals surface area contributed by atoms with E-state index < -0.39 is 10.9 Å². The van der Waals surface area contributed by atoms with Crippen molar-refractivity contribution in [1.82, 2.24) is 9.66 Å². The number of carbonyl (C=O) groups is 1. The Morgan fingerprint density at radius 1 is 1.18 bits per heavy atom. The predicted molar refractivity (Wildman–Crippen MR) is 148 cm³/mol. The number of aromatic nitrogens is 2. The Morgan fingerprint density at radius 3 is 2.67 bits per heavy atom. The molecular weight excluding hydrogens is 572 g/mol. The van der Waals surface area contributed by atoms with Gasteiger partial charge in [-0.3, -0.25) is 14.9 Å². The number of rotatable bonds is 10. The van der Waals surface area contributed by atoms with Gasteiger partial charge in [-0.15, -0.1) is 0 Å². The Hall–Kier alpha value is -4.58. The number of fused-ring (bicyclic) bond motifs is 1. The van der Waals surface area contributed by atoms with Gasteiger partial charge in [0.15, 0.2) is 5.75 Å². The van der Waals surface area contributed by atoms with Gasteiger partial charge in [0.05, 0.1) is 34.2 Å². The number of carboxylic acids is 1. The fourth-order valence-electron chi connectivity index (χ4n) is 3.84. The number of hydrogen-bond donors (Lipinski definition) is 1. The first-order valence-corrected chi connectivity index (χ1v) is 12.7. The van der Waals surface area contributed by atoms with E-state index in [0.717, 1.165) is 4.47 Å². The number of benzene rings is 3. The molecule has 4 rings (SSSR count). The third-order valence-corrected chi connectivity index (χ3v) is 6.12. The number of aromatic carboxylic acids is 1. The molecule has 39 heavy (non-hydrogen) atoms. The van der Waals surface area contributed by atoms with Crippen LogP contribution in [0.3, 0.4) is 0 Å². The van der Waals surface area contributed by atoms with E-state index in [-0.39, 0.29) is 41.5 Å². The van der Waals surface area contributed by atoms with Crippen LogP contribution in [0.1, 0.15) is 41.2 Å². The summed E-state index contributed by atoms with van der Waals surface area (Å²) in [6.45, 7) is 3.64. The zero-order valence-electron chi connectivity index (χ0n) is 21.0. The molecule has 12 heteroatoms. The van der Waals surface area contributed by atoms with Crippen LogP contribution in [0.25, 0.3) is 10.9 Å². The quantitative estimate of drug-likeness (QED) is 0.150. The standard InChI is InChI=1S/C27H23BrN4O7/c1-3-24-30-21-9-8-19(28)13-20(21)26(33)31(24)29-14-17-11-22(32(36)37)25(23(12-17)38-4-2)39-15-16-6-5-7-18(10-16)27(34)35/h5-14H,3-4,15H2,1-2H3,(H,34,35). The van der Waals surface area contributed by atoms with Crippen molar-refractivity contribution in [3.05, 3.63) is 102 Å². The highest BCUT2D eigenvalue weighted by Crippen LogP contribution is 2.39. The predicted octanol–water partition coefficient (Wildman–Crippen LogP) is 5.19. The summed E-state index contributed by atoms with van der Waals surface area (Å²) >= 11 is 3.36. The Balaban J connectivity index is 1.73. The van der Waals surface area contributed by atoms with E-state index >= 15 is 0 Å². The maximum absolute atomic E-state index is 13.2. The molecule has 0 amide bonds. The van der Waals surface area contributed by atoms with Gasteiger partial charge in [0.2, 0.25) is 5.75 Å². The molecule has 0 spiro atoms. The van der Waals surface area contributed by atoms with Crippen molar-refractivity contribution in [2.75, 3.05) is 6.61 Å². The monoisotopic (exact) mass is 594 g/mol. The molecule has 1 aromatic heterocycles. The van der Waals surface area contributed by atoms with E-state index in [0.29, 0.717) is 34.3 Å². The van der Waals surface area contributed by atoms with Crippen molar-refractivity contribution in [2.45, 2.75) is 26.9 Å². The van der Waals surface area contributed by atoms with Crippen LogP contribution >= 0.6 is 15.9 Å². The first-order valence-electron chi connectivity index (χ1n) is 11.9. The molecule has 4 aromatic rings. The summed E-state index contributed by atoms with van der Waals surface area (Å²) in [6, 6.07) is 14.0. The van der Waals surface area contributed by atoms with Gasteiger partial charge in [-0.05, 0) is 48.9 Å². The van der Waals surface area contributed by atoms with Crippen molar-refractivity contribution in [3.8, 4) is 11.5 Å². The Morgan fingerprint density at radius 2 is 1.97 bits per heavy atom. The summed E-state index contributed by atoms with van der Waals surface area (Å²) in [5.74, 6) is -0.676. The summed E-state index contributed by atoms with van der Waals surface area (Å²) in [7, 11) is 0. The molecule has 0 bridgehead atoms. The highest BCUT2D eigenvalue weighted by Gasteiger charge is 2.23. The van der Waals surface area contributed by atoms with Crippen LogP contribution in [0, 0.1) is 10.1 Å². The smallest absolute Gasteiger partial charge is 0.335 e. The van der Waals surface area contributed by atoms with Gasteiger partial charge in [-0.25, -0.2) is 9.78 Å².